The normalized spacial score (nSPS) is 11.2. The minimum absolute atomic E-state index is 0.107. The van der Waals surface area contributed by atoms with Gasteiger partial charge in [0, 0.05) is 24.5 Å². The third-order valence-electron chi connectivity index (χ3n) is 6.18. The number of hydrogen-bond donors (Lipinski definition) is 4. The van der Waals surface area contributed by atoms with Crippen LogP contribution in [0, 0.1) is 5.82 Å². The van der Waals surface area contributed by atoms with Crippen LogP contribution in [0.1, 0.15) is 37.8 Å². The van der Waals surface area contributed by atoms with Gasteiger partial charge in [-0.05, 0) is 71.5 Å². The number of aliphatic hydroxyl groups is 1. The number of nitrogens with one attached hydrogen (secondary N) is 2. The Morgan fingerprint density at radius 1 is 1.03 bits per heavy atom. The first-order chi connectivity index (χ1) is 18.9. The zero-order valence-electron chi connectivity index (χ0n) is 22.3. The highest BCUT2D eigenvalue weighted by molar-refractivity contribution is 5.84. The van der Waals surface area contributed by atoms with E-state index in [4.69, 9.17) is 0 Å². The number of aliphatic hydroxyl groups excluding tert-OH is 1. The average Bonchev–Trinajstić information content (AvgIpc) is 2.93. The van der Waals surface area contributed by atoms with Gasteiger partial charge in [-0.2, -0.15) is 10.1 Å². The molecule has 0 aliphatic heterocycles. The van der Waals surface area contributed by atoms with E-state index >= 15 is 0 Å². The molecule has 0 bridgehead atoms. The van der Waals surface area contributed by atoms with Gasteiger partial charge in [0.25, 0.3) is 0 Å². The van der Waals surface area contributed by atoms with Crippen LogP contribution in [0.5, 0.6) is 5.75 Å². The van der Waals surface area contributed by atoms with Crippen LogP contribution >= 0.6 is 0 Å². The molecule has 3 aromatic carbocycles. The van der Waals surface area contributed by atoms with Crippen molar-refractivity contribution in [3.63, 3.8) is 0 Å². The number of likely N-dealkylation sites (N-methyl/N-ethyl adjacent to an activating group) is 1. The number of halogens is 1. The van der Waals surface area contributed by atoms with Crippen molar-refractivity contribution in [1.29, 1.82) is 0 Å². The van der Waals surface area contributed by atoms with Crippen molar-refractivity contribution in [2.45, 2.75) is 26.7 Å². The molecule has 4 rings (SSSR count). The van der Waals surface area contributed by atoms with Gasteiger partial charge in [0.05, 0.1) is 19.0 Å². The van der Waals surface area contributed by atoms with Crippen molar-refractivity contribution in [1.82, 2.24) is 9.97 Å². The molecule has 0 saturated heterocycles. The van der Waals surface area contributed by atoms with Crippen LogP contribution in [-0.4, -0.2) is 46.1 Å². The quantitative estimate of drug-likeness (QED) is 0.137. The average molecular weight is 529 g/mol. The van der Waals surface area contributed by atoms with Crippen LogP contribution < -0.4 is 15.6 Å². The van der Waals surface area contributed by atoms with Crippen molar-refractivity contribution in [3.8, 4) is 16.9 Å². The lowest BCUT2D eigenvalue weighted by molar-refractivity contribution is 0.301. The third-order valence-corrected chi connectivity index (χ3v) is 6.18. The van der Waals surface area contributed by atoms with Gasteiger partial charge in [-0.15, -0.1) is 0 Å². The molecule has 0 radical (unpaired) electrons. The molecule has 0 aliphatic rings. The number of anilines is 4. The molecule has 0 saturated carbocycles. The van der Waals surface area contributed by atoms with Crippen LogP contribution in [0.15, 0.2) is 78.0 Å². The van der Waals surface area contributed by atoms with E-state index in [2.05, 4.69) is 45.7 Å². The van der Waals surface area contributed by atoms with Crippen molar-refractivity contribution in [2.24, 2.45) is 5.10 Å². The van der Waals surface area contributed by atoms with Gasteiger partial charge in [0.1, 0.15) is 5.75 Å². The first kappa shape index (κ1) is 27.5. The molecule has 0 unspecified atom stereocenters. The topological polar surface area (TPSA) is 106 Å². The lowest BCUT2D eigenvalue weighted by Crippen LogP contribution is -2.28. The van der Waals surface area contributed by atoms with Crippen molar-refractivity contribution in [3.05, 3.63) is 89.9 Å². The summed E-state index contributed by atoms with van der Waals surface area (Å²) < 4.78 is 14.2. The number of hydrogen-bond acceptors (Lipinski definition) is 8. The summed E-state index contributed by atoms with van der Waals surface area (Å²) in [5.74, 6) is 0.186. The Hall–Kier alpha value is -4.50. The maximum atomic E-state index is 14.2. The zero-order chi connectivity index (χ0) is 27.8. The summed E-state index contributed by atoms with van der Waals surface area (Å²) in [7, 11) is 0. The molecule has 0 fully saturated rings. The molecule has 1 heterocycles. The number of phenols is 1. The van der Waals surface area contributed by atoms with Gasteiger partial charge in [0.2, 0.25) is 5.95 Å². The highest BCUT2D eigenvalue weighted by Gasteiger charge is 2.13. The van der Waals surface area contributed by atoms with E-state index in [1.165, 1.54) is 0 Å². The number of benzene rings is 3. The lowest BCUT2D eigenvalue weighted by atomic mass is 9.97. The molecule has 9 heteroatoms. The van der Waals surface area contributed by atoms with Gasteiger partial charge in [-0.1, -0.05) is 44.2 Å². The standard InChI is InChI=1S/C30H33FN6O2/c1-4-37(13-14-38)29-28(31)19-32-30(35-29)36-33-18-23-11-12-25(17-27(23)20(2)3)34-24-9-5-7-21(15-24)22-8-6-10-26(39)16-22/h5-12,15-20,34,38-39H,4,13-14H2,1-3H3,(H,32,35,36)/b33-18+. The molecule has 39 heavy (non-hydrogen) atoms. The SMILES string of the molecule is CCN(CCO)c1nc(N/N=C/c2ccc(Nc3cccc(-c4cccc(O)c4)c3)cc2C(C)C)ncc1F. The minimum atomic E-state index is -0.558. The highest BCUT2D eigenvalue weighted by atomic mass is 19.1. The van der Waals surface area contributed by atoms with Gasteiger partial charge in [-0.25, -0.2) is 14.8 Å². The summed E-state index contributed by atoms with van der Waals surface area (Å²) in [4.78, 5) is 9.83. The van der Waals surface area contributed by atoms with Crippen molar-refractivity contribution >= 4 is 29.4 Å². The number of aromatic hydroxyl groups is 1. The first-order valence-corrected chi connectivity index (χ1v) is 12.9. The van der Waals surface area contributed by atoms with E-state index in [0.717, 1.165) is 39.8 Å². The predicted octanol–water partition coefficient (Wildman–Crippen LogP) is 6.12. The lowest BCUT2D eigenvalue weighted by Gasteiger charge is -2.21. The summed E-state index contributed by atoms with van der Waals surface area (Å²) in [5.41, 5.74) is 8.61. The molecular formula is C30H33FN6O2. The summed E-state index contributed by atoms with van der Waals surface area (Å²) in [6.07, 6.45) is 2.79. The Bertz CT molecular complexity index is 1440. The van der Waals surface area contributed by atoms with Crippen molar-refractivity contribution in [2.75, 3.05) is 35.3 Å². The van der Waals surface area contributed by atoms with E-state index in [-0.39, 0.29) is 36.6 Å². The largest absolute Gasteiger partial charge is 0.508 e. The molecule has 4 N–H and O–H groups in total. The predicted molar refractivity (Wildman–Crippen MR) is 156 cm³/mol. The van der Waals surface area contributed by atoms with Gasteiger partial charge < -0.3 is 20.4 Å². The Labute approximate surface area is 227 Å². The molecule has 8 nitrogen and oxygen atoms in total. The number of hydrazone groups is 1. The fourth-order valence-electron chi connectivity index (χ4n) is 4.23. The maximum absolute atomic E-state index is 14.2. The van der Waals surface area contributed by atoms with E-state index in [9.17, 15) is 14.6 Å². The van der Waals surface area contributed by atoms with Gasteiger partial charge >= 0.3 is 0 Å². The fourth-order valence-corrected chi connectivity index (χ4v) is 4.23. The van der Waals surface area contributed by atoms with E-state index in [1.807, 2.05) is 55.5 Å². The smallest absolute Gasteiger partial charge is 0.245 e. The summed E-state index contributed by atoms with van der Waals surface area (Å²) >= 11 is 0. The fraction of sp³-hybridized carbons (Fsp3) is 0.233. The zero-order valence-corrected chi connectivity index (χ0v) is 22.3. The molecule has 0 amide bonds. The summed E-state index contributed by atoms with van der Waals surface area (Å²) in [6.45, 7) is 6.75. The molecular weight excluding hydrogens is 495 g/mol. The minimum Gasteiger partial charge on any atom is -0.508 e. The van der Waals surface area contributed by atoms with E-state index in [0.29, 0.717) is 6.54 Å². The Morgan fingerprint density at radius 2 is 1.77 bits per heavy atom. The first-order valence-electron chi connectivity index (χ1n) is 12.9. The van der Waals surface area contributed by atoms with E-state index in [1.54, 1.807) is 23.2 Å². The van der Waals surface area contributed by atoms with E-state index < -0.39 is 5.82 Å². The summed E-state index contributed by atoms with van der Waals surface area (Å²) in [6, 6.07) is 21.3. The number of phenolic OH excluding ortho intramolecular Hbond substituents is 1. The van der Waals surface area contributed by atoms with Crippen LogP contribution in [0.2, 0.25) is 0 Å². The second kappa shape index (κ2) is 12.8. The Balaban J connectivity index is 1.50. The van der Waals surface area contributed by atoms with Gasteiger partial charge in [-0.3, -0.25) is 0 Å². The van der Waals surface area contributed by atoms with Crippen LogP contribution in [0.25, 0.3) is 11.1 Å². The molecule has 0 atom stereocenters. The Morgan fingerprint density at radius 3 is 2.49 bits per heavy atom. The van der Waals surface area contributed by atoms with Crippen LogP contribution in [-0.2, 0) is 0 Å². The van der Waals surface area contributed by atoms with Crippen LogP contribution in [0.4, 0.5) is 27.5 Å². The molecule has 0 spiro atoms. The number of nitrogens with zero attached hydrogens (tertiary/aromatic N) is 4. The molecule has 1 aromatic heterocycles. The maximum Gasteiger partial charge on any atom is 0.245 e. The van der Waals surface area contributed by atoms with Crippen molar-refractivity contribution < 1.29 is 14.6 Å². The van der Waals surface area contributed by atoms with Gasteiger partial charge in [0.15, 0.2) is 11.6 Å². The number of rotatable bonds is 11. The third kappa shape index (κ3) is 7.08. The second-order valence-corrected chi connectivity index (χ2v) is 9.29. The molecule has 202 valence electrons. The highest BCUT2D eigenvalue weighted by Crippen LogP contribution is 2.29. The Kier molecular flexibility index (Phi) is 9.06. The second-order valence-electron chi connectivity index (χ2n) is 9.29. The molecule has 4 aromatic rings. The number of aromatic nitrogens is 2. The molecule has 0 aliphatic carbocycles. The summed E-state index contributed by atoms with van der Waals surface area (Å²) in [5, 5.41) is 26.8. The van der Waals surface area contributed by atoms with Crippen LogP contribution in [0.3, 0.4) is 0 Å². The monoisotopic (exact) mass is 528 g/mol.